The minimum Gasteiger partial charge on any atom is -0.469 e. The van der Waals surface area contributed by atoms with Gasteiger partial charge in [0, 0.05) is 18.4 Å². The van der Waals surface area contributed by atoms with Crippen LogP contribution in [-0.4, -0.2) is 49.3 Å². The van der Waals surface area contributed by atoms with E-state index >= 15 is 0 Å². The van der Waals surface area contributed by atoms with Crippen molar-refractivity contribution in [2.24, 2.45) is 11.8 Å². The maximum atomic E-state index is 12.9. The summed E-state index contributed by atoms with van der Waals surface area (Å²) in [5.74, 6) is -4.16. The molecule has 0 spiro atoms. The van der Waals surface area contributed by atoms with Crippen molar-refractivity contribution in [1.82, 2.24) is 10.3 Å². The summed E-state index contributed by atoms with van der Waals surface area (Å²) in [6.07, 6.45) is 4.72. The highest BCUT2D eigenvalue weighted by atomic mass is 16.5. The van der Waals surface area contributed by atoms with Crippen LogP contribution in [0.15, 0.2) is 37.2 Å². The van der Waals surface area contributed by atoms with E-state index in [4.69, 9.17) is 14.2 Å². The second-order valence-electron chi connectivity index (χ2n) is 6.14. The fourth-order valence-electron chi connectivity index (χ4n) is 3.63. The van der Waals surface area contributed by atoms with Crippen LogP contribution in [0.3, 0.4) is 0 Å². The van der Waals surface area contributed by atoms with E-state index in [2.05, 4.69) is 16.9 Å². The zero-order valence-corrected chi connectivity index (χ0v) is 15.6. The Kier molecular flexibility index (Phi) is 6.68. The molecular weight excluding hydrogens is 352 g/mol. The first-order chi connectivity index (χ1) is 13.0. The summed E-state index contributed by atoms with van der Waals surface area (Å²) in [7, 11) is 2.44. The molecule has 1 fully saturated rings. The number of nitrogens with one attached hydrogen (secondary N) is 1. The number of carbonyl (C=O) groups is 3. The molecule has 4 atom stereocenters. The molecule has 8 nitrogen and oxygen atoms in total. The van der Waals surface area contributed by atoms with E-state index in [-0.39, 0.29) is 13.0 Å². The molecule has 2 heterocycles. The Morgan fingerprint density at radius 3 is 2.52 bits per heavy atom. The van der Waals surface area contributed by atoms with Gasteiger partial charge in [0.25, 0.3) is 0 Å². The predicted molar refractivity (Wildman–Crippen MR) is 95.3 cm³/mol. The van der Waals surface area contributed by atoms with Crippen LogP contribution in [-0.2, 0) is 28.6 Å². The fourth-order valence-corrected chi connectivity index (χ4v) is 3.63. The Morgan fingerprint density at radius 1 is 1.30 bits per heavy atom. The highest BCUT2D eigenvalue weighted by Crippen LogP contribution is 2.46. The topological polar surface area (TPSA) is 104 Å². The van der Waals surface area contributed by atoms with E-state index in [0.29, 0.717) is 5.56 Å². The summed E-state index contributed by atoms with van der Waals surface area (Å²) in [6, 6.07) is 2.76. The molecule has 2 rings (SSSR count). The van der Waals surface area contributed by atoms with Crippen LogP contribution in [0.5, 0.6) is 0 Å². The number of esters is 3. The van der Waals surface area contributed by atoms with Crippen LogP contribution in [0.2, 0.25) is 0 Å². The average molecular weight is 376 g/mol. The standard InChI is InChI=1S/C19H24N2O6/c1-5-9-19(18(24)27-6-2)14(17(23)26-4)13(16(22)25-3)15(21-19)12-8-7-10-20-11-12/h5,7-8,10-11,13-15,21H,1,6,9H2,2-4H3/t13-,14+,15-,19-/m1/s1. The molecular formula is C19H24N2O6. The van der Waals surface area contributed by atoms with E-state index in [1.807, 2.05) is 0 Å². The summed E-state index contributed by atoms with van der Waals surface area (Å²) in [6.45, 7) is 5.47. The maximum absolute atomic E-state index is 12.9. The minimum atomic E-state index is -1.51. The summed E-state index contributed by atoms with van der Waals surface area (Å²) in [5, 5.41) is 3.15. The zero-order valence-electron chi connectivity index (χ0n) is 15.6. The summed E-state index contributed by atoms with van der Waals surface area (Å²) in [4.78, 5) is 42.3. The number of hydrogen-bond donors (Lipinski definition) is 1. The van der Waals surface area contributed by atoms with E-state index < -0.39 is 41.3 Å². The number of aromatic nitrogens is 1. The van der Waals surface area contributed by atoms with Crippen molar-refractivity contribution in [3.63, 3.8) is 0 Å². The Bertz CT molecular complexity index is 707. The molecule has 146 valence electrons. The van der Waals surface area contributed by atoms with Crippen molar-refractivity contribution in [1.29, 1.82) is 0 Å². The molecule has 8 heteroatoms. The van der Waals surface area contributed by atoms with Crippen LogP contribution in [0.25, 0.3) is 0 Å². The molecule has 0 aromatic carbocycles. The van der Waals surface area contributed by atoms with Crippen molar-refractivity contribution in [3.8, 4) is 0 Å². The van der Waals surface area contributed by atoms with E-state index in [1.165, 1.54) is 20.3 Å². The Hall–Kier alpha value is -2.74. The van der Waals surface area contributed by atoms with E-state index in [0.717, 1.165) is 0 Å². The van der Waals surface area contributed by atoms with Gasteiger partial charge in [0.15, 0.2) is 0 Å². The van der Waals surface area contributed by atoms with Gasteiger partial charge in [-0.05, 0) is 25.0 Å². The highest BCUT2D eigenvalue weighted by Gasteiger charge is 2.64. The fraction of sp³-hybridized carbons (Fsp3) is 0.474. The van der Waals surface area contributed by atoms with Gasteiger partial charge in [-0.15, -0.1) is 6.58 Å². The van der Waals surface area contributed by atoms with E-state index in [9.17, 15) is 14.4 Å². The zero-order chi connectivity index (χ0) is 20.0. The molecule has 0 saturated carbocycles. The minimum absolute atomic E-state index is 0.0653. The molecule has 0 amide bonds. The molecule has 1 saturated heterocycles. The first kappa shape index (κ1) is 20.6. The second-order valence-corrected chi connectivity index (χ2v) is 6.14. The van der Waals surface area contributed by atoms with Crippen molar-refractivity contribution >= 4 is 17.9 Å². The van der Waals surface area contributed by atoms with Gasteiger partial charge < -0.3 is 14.2 Å². The van der Waals surface area contributed by atoms with Crippen LogP contribution in [0.1, 0.15) is 24.9 Å². The third kappa shape index (κ3) is 3.71. The maximum Gasteiger partial charge on any atom is 0.327 e. The molecule has 1 aliphatic heterocycles. The lowest BCUT2D eigenvalue weighted by atomic mass is 9.76. The van der Waals surface area contributed by atoms with Crippen molar-refractivity contribution in [2.75, 3.05) is 20.8 Å². The molecule has 1 aromatic rings. The molecule has 0 radical (unpaired) electrons. The van der Waals surface area contributed by atoms with Crippen LogP contribution in [0.4, 0.5) is 0 Å². The van der Waals surface area contributed by atoms with Crippen molar-refractivity contribution in [2.45, 2.75) is 24.9 Å². The number of carbonyl (C=O) groups excluding carboxylic acids is 3. The normalized spacial score (nSPS) is 26.9. The molecule has 0 aliphatic carbocycles. The first-order valence-corrected chi connectivity index (χ1v) is 8.58. The average Bonchev–Trinajstić information content (AvgIpc) is 3.04. The molecule has 27 heavy (non-hydrogen) atoms. The van der Waals surface area contributed by atoms with Gasteiger partial charge in [-0.2, -0.15) is 0 Å². The van der Waals surface area contributed by atoms with Crippen molar-refractivity contribution in [3.05, 3.63) is 42.7 Å². The predicted octanol–water partition coefficient (Wildman–Crippen LogP) is 1.18. The third-order valence-corrected chi connectivity index (χ3v) is 4.74. The number of methoxy groups -OCH3 is 2. The van der Waals surface area contributed by atoms with Gasteiger partial charge >= 0.3 is 17.9 Å². The van der Waals surface area contributed by atoms with Gasteiger partial charge in [0.05, 0.1) is 26.7 Å². The smallest absolute Gasteiger partial charge is 0.327 e. The van der Waals surface area contributed by atoms with Crippen LogP contribution >= 0.6 is 0 Å². The highest BCUT2D eigenvalue weighted by molar-refractivity contribution is 5.94. The summed E-state index contributed by atoms with van der Waals surface area (Å²) in [5.41, 5.74) is -0.874. The quantitative estimate of drug-likeness (QED) is 0.430. The van der Waals surface area contributed by atoms with Gasteiger partial charge in [0.1, 0.15) is 11.5 Å². The van der Waals surface area contributed by atoms with Gasteiger partial charge in [-0.3, -0.25) is 24.7 Å². The van der Waals surface area contributed by atoms with Gasteiger partial charge in [-0.1, -0.05) is 12.1 Å². The van der Waals surface area contributed by atoms with Gasteiger partial charge in [0.2, 0.25) is 0 Å². The molecule has 0 unspecified atom stereocenters. The lowest BCUT2D eigenvalue weighted by molar-refractivity contribution is -0.165. The second kappa shape index (κ2) is 8.77. The number of ether oxygens (including phenoxy) is 3. The summed E-state index contributed by atoms with van der Waals surface area (Å²) < 4.78 is 15.1. The number of rotatable bonds is 7. The number of hydrogen-bond acceptors (Lipinski definition) is 8. The molecule has 1 N–H and O–H groups in total. The first-order valence-electron chi connectivity index (χ1n) is 8.58. The number of pyridine rings is 1. The molecule has 0 bridgehead atoms. The molecule has 1 aromatic heterocycles. The van der Waals surface area contributed by atoms with Gasteiger partial charge in [-0.25, -0.2) is 0 Å². The van der Waals surface area contributed by atoms with E-state index in [1.54, 1.807) is 31.5 Å². The third-order valence-electron chi connectivity index (χ3n) is 4.74. The largest absolute Gasteiger partial charge is 0.469 e. The van der Waals surface area contributed by atoms with Crippen LogP contribution in [0, 0.1) is 11.8 Å². The Balaban J connectivity index is 2.67. The SMILES string of the molecule is C=CC[C@@]1(C(=O)OCC)N[C@H](c2cccnc2)[C@H](C(=O)OC)[C@H]1C(=O)OC. The lowest BCUT2D eigenvalue weighted by Gasteiger charge is -2.31. The Morgan fingerprint density at radius 2 is 2.00 bits per heavy atom. The van der Waals surface area contributed by atoms with Crippen molar-refractivity contribution < 1.29 is 28.6 Å². The Labute approximate surface area is 157 Å². The monoisotopic (exact) mass is 376 g/mol. The molecule has 1 aliphatic rings. The number of nitrogens with zero attached hydrogens (tertiary/aromatic N) is 1. The lowest BCUT2D eigenvalue weighted by Crippen LogP contribution is -2.56. The van der Waals surface area contributed by atoms with Crippen LogP contribution < -0.4 is 5.32 Å². The summed E-state index contributed by atoms with van der Waals surface area (Å²) >= 11 is 0.